The summed E-state index contributed by atoms with van der Waals surface area (Å²) in [4.78, 5) is 0. The van der Waals surface area contributed by atoms with Crippen molar-refractivity contribution in [3.8, 4) is 0 Å². The Morgan fingerprint density at radius 3 is 1.93 bits per heavy atom. The monoisotopic (exact) mass is 227 g/mol. The van der Waals surface area contributed by atoms with Crippen LogP contribution in [0.1, 0.15) is 5.56 Å². The number of nitrogens with two attached hydrogens (primary N) is 1. The maximum absolute atomic E-state index is 12.1. The standard InChI is InChI=1S/C8H10BF3N.K/c10-9(11,12)8-3-1-7(2-4-8)5-6-13;/h1-4H,5-6,13H2;/q-1;+1. The van der Waals surface area contributed by atoms with Gasteiger partial charge in [-0.3, -0.25) is 0 Å². The van der Waals surface area contributed by atoms with E-state index in [1.807, 2.05) is 0 Å². The average molecular weight is 227 g/mol. The SMILES string of the molecule is NCCc1ccc([B-](F)(F)F)cc1.[K+]. The fourth-order valence-electron chi connectivity index (χ4n) is 1.07. The molecule has 0 aliphatic rings. The van der Waals surface area contributed by atoms with Gasteiger partial charge in [0.25, 0.3) is 0 Å². The van der Waals surface area contributed by atoms with Gasteiger partial charge in [0.2, 0.25) is 0 Å². The molecule has 0 aliphatic carbocycles. The Labute approximate surface area is 124 Å². The molecule has 0 aromatic heterocycles. The minimum atomic E-state index is -4.86. The third-order valence-corrected chi connectivity index (χ3v) is 1.79. The van der Waals surface area contributed by atoms with E-state index in [-0.39, 0.29) is 51.4 Å². The predicted octanol–water partition coefficient (Wildman–Crippen LogP) is -1.75. The Morgan fingerprint density at radius 1 is 1.07 bits per heavy atom. The Bertz CT molecular complexity index is 273. The van der Waals surface area contributed by atoms with Crippen molar-refractivity contribution in [2.24, 2.45) is 5.73 Å². The number of hydrogen-bond donors (Lipinski definition) is 1. The molecule has 0 saturated heterocycles. The summed E-state index contributed by atoms with van der Waals surface area (Å²) in [6.45, 7) is -4.41. The summed E-state index contributed by atoms with van der Waals surface area (Å²) in [7, 11) is 0. The van der Waals surface area contributed by atoms with E-state index in [1.54, 1.807) is 0 Å². The molecule has 72 valence electrons. The van der Waals surface area contributed by atoms with Crippen LogP contribution in [0.3, 0.4) is 0 Å². The van der Waals surface area contributed by atoms with Crippen molar-refractivity contribution < 1.29 is 64.3 Å². The summed E-state index contributed by atoms with van der Waals surface area (Å²) < 4.78 is 36.4. The number of hydrogen-bond acceptors (Lipinski definition) is 1. The first-order valence-electron chi connectivity index (χ1n) is 4.03. The van der Waals surface area contributed by atoms with Crippen LogP contribution in [0.2, 0.25) is 0 Å². The van der Waals surface area contributed by atoms with E-state index >= 15 is 0 Å². The van der Waals surface area contributed by atoms with E-state index in [0.29, 0.717) is 13.0 Å². The quantitative estimate of drug-likeness (QED) is 0.609. The predicted molar refractivity (Wildman–Crippen MR) is 47.9 cm³/mol. The van der Waals surface area contributed by atoms with Gasteiger partial charge in [-0.2, -0.15) is 0 Å². The van der Waals surface area contributed by atoms with E-state index in [1.165, 1.54) is 12.1 Å². The Hall–Kier alpha value is 0.671. The van der Waals surface area contributed by atoms with Crippen LogP contribution < -0.4 is 62.6 Å². The second-order valence-corrected chi connectivity index (χ2v) is 2.86. The summed E-state index contributed by atoms with van der Waals surface area (Å²) in [5.74, 6) is 0. The molecule has 0 fully saturated rings. The minimum absolute atomic E-state index is 0. The van der Waals surface area contributed by atoms with E-state index < -0.39 is 12.4 Å². The molecule has 0 heterocycles. The summed E-state index contributed by atoms with van der Waals surface area (Å²) in [5.41, 5.74) is 5.55. The first kappa shape index (κ1) is 14.7. The zero-order valence-corrected chi connectivity index (χ0v) is 11.1. The van der Waals surface area contributed by atoms with Crippen molar-refractivity contribution in [1.82, 2.24) is 0 Å². The summed E-state index contributed by atoms with van der Waals surface area (Å²) in [6.07, 6.45) is 0.616. The first-order chi connectivity index (χ1) is 6.04. The van der Waals surface area contributed by atoms with E-state index in [4.69, 9.17) is 5.73 Å². The molecule has 1 rings (SSSR count). The van der Waals surface area contributed by atoms with Crippen molar-refractivity contribution in [3.63, 3.8) is 0 Å². The largest absolute Gasteiger partial charge is 1.00 e. The van der Waals surface area contributed by atoms with Gasteiger partial charge in [0.1, 0.15) is 0 Å². The third kappa shape index (κ3) is 4.46. The average Bonchev–Trinajstić information content (AvgIpc) is 2.04. The van der Waals surface area contributed by atoms with Gasteiger partial charge in [0.15, 0.2) is 0 Å². The van der Waals surface area contributed by atoms with Gasteiger partial charge in [0, 0.05) is 0 Å². The fraction of sp³-hybridized carbons (Fsp3) is 0.250. The Morgan fingerprint density at radius 2 is 1.57 bits per heavy atom. The normalized spacial score (nSPS) is 10.9. The van der Waals surface area contributed by atoms with Gasteiger partial charge >= 0.3 is 58.4 Å². The van der Waals surface area contributed by atoms with Crippen LogP contribution >= 0.6 is 0 Å². The van der Waals surface area contributed by atoms with E-state index in [9.17, 15) is 12.9 Å². The zero-order chi connectivity index (χ0) is 9.90. The molecule has 0 saturated carbocycles. The summed E-state index contributed by atoms with van der Waals surface area (Å²) in [6, 6.07) is 5.14. The molecule has 0 radical (unpaired) electrons. The van der Waals surface area contributed by atoms with Crippen molar-refractivity contribution in [1.29, 1.82) is 0 Å². The molecule has 1 nitrogen and oxygen atoms in total. The van der Waals surface area contributed by atoms with Gasteiger partial charge in [-0.05, 0) is 18.5 Å². The van der Waals surface area contributed by atoms with Crippen LogP contribution in [0.25, 0.3) is 0 Å². The van der Waals surface area contributed by atoms with Crippen molar-refractivity contribution in [3.05, 3.63) is 29.8 Å². The van der Waals surface area contributed by atoms with Crippen LogP contribution in [0.4, 0.5) is 12.9 Å². The summed E-state index contributed by atoms with van der Waals surface area (Å²) >= 11 is 0. The Kier molecular flexibility index (Phi) is 6.60. The number of benzene rings is 1. The number of rotatable bonds is 3. The molecule has 0 aliphatic heterocycles. The molecular weight excluding hydrogens is 217 g/mol. The van der Waals surface area contributed by atoms with Crippen molar-refractivity contribution in [2.75, 3.05) is 6.54 Å². The second-order valence-electron chi connectivity index (χ2n) is 2.86. The van der Waals surface area contributed by atoms with Gasteiger partial charge in [0.05, 0.1) is 0 Å². The molecule has 6 heteroatoms. The number of halogens is 3. The van der Waals surface area contributed by atoms with Crippen LogP contribution in [0.15, 0.2) is 24.3 Å². The third-order valence-electron chi connectivity index (χ3n) is 1.79. The molecule has 14 heavy (non-hydrogen) atoms. The smallest absolute Gasteiger partial charge is 0.445 e. The van der Waals surface area contributed by atoms with E-state index in [2.05, 4.69) is 0 Å². The minimum Gasteiger partial charge on any atom is -0.445 e. The van der Waals surface area contributed by atoms with Gasteiger partial charge in [-0.1, -0.05) is 24.3 Å². The van der Waals surface area contributed by atoms with Crippen molar-refractivity contribution in [2.45, 2.75) is 6.42 Å². The molecular formula is C8H10BF3KN. The van der Waals surface area contributed by atoms with Crippen LogP contribution in [-0.4, -0.2) is 13.5 Å². The maximum Gasteiger partial charge on any atom is 1.00 e. The van der Waals surface area contributed by atoms with Crippen LogP contribution in [0.5, 0.6) is 0 Å². The first-order valence-corrected chi connectivity index (χ1v) is 4.03. The molecule has 0 amide bonds. The van der Waals surface area contributed by atoms with Crippen LogP contribution in [-0.2, 0) is 6.42 Å². The van der Waals surface area contributed by atoms with Gasteiger partial charge in [-0.15, -0.1) is 5.46 Å². The molecule has 0 bridgehead atoms. The molecule has 0 atom stereocenters. The molecule has 1 aromatic rings. The molecule has 0 unspecified atom stereocenters. The van der Waals surface area contributed by atoms with Gasteiger partial charge in [-0.25, -0.2) is 0 Å². The van der Waals surface area contributed by atoms with E-state index in [0.717, 1.165) is 17.7 Å². The molecule has 2 N–H and O–H groups in total. The van der Waals surface area contributed by atoms with Crippen LogP contribution in [0, 0.1) is 0 Å². The maximum atomic E-state index is 12.1. The van der Waals surface area contributed by atoms with Crippen molar-refractivity contribution >= 4 is 12.4 Å². The Balaban J connectivity index is 0.00000169. The van der Waals surface area contributed by atoms with Gasteiger partial charge < -0.3 is 18.7 Å². The zero-order valence-electron chi connectivity index (χ0n) is 8.01. The second kappa shape index (κ2) is 6.30. The topological polar surface area (TPSA) is 26.0 Å². The summed E-state index contributed by atoms with van der Waals surface area (Å²) in [5, 5.41) is 0. The fourth-order valence-corrected chi connectivity index (χ4v) is 1.07. The molecule has 0 spiro atoms. The molecule has 1 aromatic carbocycles.